The molecule has 1 atom stereocenters. The minimum atomic E-state index is -0.650. The second-order valence-corrected chi connectivity index (χ2v) is 2.33. The van der Waals surface area contributed by atoms with E-state index < -0.39 is 5.66 Å². The number of rotatable bonds is 1. The maximum Gasteiger partial charge on any atom is 0.320 e. The summed E-state index contributed by atoms with van der Waals surface area (Å²) in [5.41, 5.74) is 5.04. The van der Waals surface area contributed by atoms with Crippen LogP contribution in [0.15, 0.2) is 12.3 Å². The first-order valence-electron chi connectivity index (χ1n) is 3.21. The summed E-state index contributed by atoms with van der Waals surface area (Å²) in [5.74, 6) is 0. The van der Waals surface area contributed by atoms with Gasteiger partial charge in [-0.25, -0.2) is 4.79 Å². The molecule has 1 unspecified atom stereocenters. The molecule has 0 spiro atoms. The van der Waals surface area contributed by atoms with Crippen molar-refractivity contribution in [2.75, 3.05) is 0 Å². The summed E-state index contributed by atoms with van der Waals surface area (Å²) < 4.78 is 0. The fraction of sp³-hybridized carbons (Fsp3) is 0.500. The zero-order valence-corrected chi connectivity index (χ0v) is 5.85. The zero-order valence-electron chi connectivity index (χ0n) is 5.85. The SMILES string of the molecule is CCC1(N)C=CNC(=O)N1. The van der Waals surface area contributed by atoms with Crippen molar-refractivity contribution >= 4 is 6.03 Å². The van der Waals surface area contributed by atoms with Gasteiger partial charge in [-0.3, -0.25) is 0 Å². The van der Waals surface area contributed by atoms with Gasteiger partial charge in [0.1, 0.15) is 5.66 Å². The number of urea groups is 1. The Bertz CT molecular complexity index is 178. The van der Waals surface area contributed by atoms with Gasteiger partial charge in [0, 0.05) is 6.20 Å². The predicted molar refractivity (Wildman–Crippen MR) is 38.0 cm³/mol. The van der Waals surface area contributed by atoms with Crippen LogP contribution in [0, 0.1) is 0 Å². The molecule has 4 heteroatoms. The summed E-state index contributed by atoms with van der Waals surface area (Å²) in [6, 6.07) is -0.244. The van der Waals surface area contributed by atoms with Gasteiger partial charge in [0.2, 0.25) is 0 Å². The Morgan fingerprint density at radius 1 is 1.80 bits per heavy atom. The Hall–Kier alpha value is -1.03. The third-order valence-electron chi connectivity index (χ3n) is 1.53. The Morgan fingerprint density at radius 2 is 2.50 bits per heavy atom. The fourth-order valence-corrected chi connectivity index (χ4v) is 0.761. The smallest absolute Gasteiger partial charge is 0.316 e. The molecule has 0 bridgehead atoms. The maximum absolute atomic E-state index is 10.7. The van der Waals surface area contributed by atoms with Crippen molar-refractivity contribution in [1.29, 1.82) is 0 Å². The molecule has 1 heterocycles. The van der Waals surface area contributed by atoms with Gasteiger partial charge in [-0.1, -0.05) is 6.92 Å². The first-order chi connectivity index (χ1) is 4.66. The Balaban J connectivity index is 2.71. The van der Waals surface area contributed by atoms with Crippen molar-refractivity contribution in [3.8, 4) is 0 Å². The van der Waals surface area contributed by atoms with E-state index in [1.165, 1.54) is 0 Å². The molecule has 56 valence electrons. The third-order valence-corrected chi connectivity index (χ3v) is 1.53. The van der Waals surface area contributed by atoms with Gasteiger partial charge < -0.3 is 16.4 Å². The van der Waals surface area contributed by atoms with E-state index in [9.17, 15) is 4.79 Å². The van der Waals surface area contributed by atoms with E-state index in [1.54, 1.807) is 12.3 Å². The second kappa shape index (κ2) is 2.30. The van der Waals surface area contributed by atoms with Gasteiger partial charge in [0.05, 0.1) is 0 Å². The monoisotopic (exact) mass is 141 g/mol. The van der Waals surface area contributed by atoms with Crippen molar-refractivity contribution < 1.29 is 4.79 Å². The van der Waals surface area contributed by atoms with Crippen LogP contribution in [0.5, 0.6) is 0 Å². The largest absolute Gasteiger partial charge is 0.320 e. The molecule has 4 N–H and O–H groups in total. The average Bonchev–Trinajstić information content (AvgIpc) is 1.88. The third kappa shape index (κ3) is 1.27. The number of hydrogen-bond donors (Lipinski definition) is 3. The second-order valence-electron chi connectivity index (χ2n) is 2.33. The summed E-state index contributed by atoms with van der Waals surface area (Å²) in [6.45, 7) is 1.91. The van der Waals surface area contributed by atoms with E-state index in [4.69, 9.17) is 5.73 Å². The van der Waals surface area contributed by atoms with Crippen LogP contribution in [0.4, 0.5) is 4.79 Å². The molecule has 0 aromatic carbocycles. The molecule has 0 saturated heterocycles. The van der Waals surface area contributed by atoms with Crippen LogP contribution in [0.2, 0.25) is 0 Å². The van der Waals surface area contributed by atoms with Crippen LogP contribution in [0.25, 0.3) is 0 Å². The summed E-state index contributed by atoms with van der Waals surface area (Å²) in [7, 11) is 0. The first kappa shape index (κ1) is 7.08. The van der Waals surface area contributed by atoms with E-state index in [2.05, 4.69) is 10.6 Å². The average molecular weight is 141 g/mol. The molecular formula is C6H11N3O. The molecule has 10 heavy (non-hydrogen) atoms. The number of amides is 2. The number of carbonyl (C=O) groups excluding carboxylic acids is 1. The summed E-state index contributed by atoms with van der Waals surface area (Å²) >= 11 is 0. The number of hydrogen-bond acceptors (Lipinski definition) is 2. The lowest BCUT2D eigenvalue weighted by Crippen LogP contribution is -2.58. The van der Waals surface area contributed by atoms with Crippen molar-refractivity contribution in [3.05, 3.63) is 12.3 Å². The number of nitrogens with two attached hydrogens (primary N) is 1. The molecule has 2 amide bonds. The van der Waals surface area contributed by atoms with E-state index in [-0.39, 0.29) is 6.03 Å². The van der Waals surface area contributed by atoms with Crippen LogP contribution < -0.4 is 16.4 Å². The van der Waals surface area contributed by atoms with E-state index in [1.807, 2.05) is 6.92 Å². The van der Waals surface area contributed by atoms with E-state index >= 15 is 0 Å². The van der Waals surface area contributed by atoms with Crippen LogP contribution in [0.1, 0.15) is 13.3 Å². The summed E-state index contributed by atoms with van der Waals surface area (Å²) in [5, 5.41) is 5.04. The molecule has 1 rings (SSSR count). The number of nitrogens with one attached hydrogen (secondary N) is 2. The van der Waals surface area contributed by atoms with Crippen LogP contribution in [-0.2, 0) is 0 Å². The molecule has 0 aliphatic carbocycles. The molecule has 0 fully saturated rings. The van der Waals surface area contributed by atoms with Gasteiger partial charge in [-0.15, -0.1) is 0 Å². The predicted octanol–water partition coefficient (Wildman–Crippen LogP) is -0.122. The van der Waals surface area contributed by atoms with Crippen LogP contribution in [-0.4, -0.2) is 11.7 Å². The molecule has 0 saturated carbocycles. The minimum Gasteiger partial charge on any atom is -0.316 e. The van der Waals surface area contributed by atoms with E-state index in [0.29, 0.717) is 6.42 Å². The quantitative estimate of drug-likeness (QED) is 0.476. The van der Waals surface area contributed by atoms with Gasteiger partial charge in [-0.05, 0) is 12.5 Å². The Labute approximate surface area is 59.5 Å². The zero-order chi connectivity index (χ0) is 7.61. The highest BCUT2D eigenvalue weighted by molar-refractivity contribution is 5.77. The molecule has 1 aliphatic heterocycles. The summed E-state index contributed by atoms with van der Waals surface area (Å²) in [4.78, 5) is 10.7. The van der Waals surface area contributed by atoms with Crippen molar-refractivity contribution in [2.24, 2.45) is 5.73 Å². The molecule has 1 aliphatic rings. The van der Waals surface area contributed by atoms with E-state index in [0.717, 1.165) is 0 Å². The number of carbonyl (C=O) groups is 1. The van der Waals surface area contributed by atoms with Crippen molar-refractivity contribution in [3.63, 3.8) is 0 Å². The molecule has 0 aromatic heterocycles. The van der Waals surface area contributed by atoms with Gasteiger partial charge in [-0.2, -0.15) is 0 Å². The van der Waals surface area contributed by atoms with Gasteiger partial charge >= 0.3 is 6.03 Å². The van der Waals surface area contributed by atoms with Crippen LogP contribution in [0.3, 0.4) is 0 Å². The summed E-state index contributed by atoms with van der Waals surface area (Å²) in [6.07, 6.45) is 3.98. The van der Waals surface area contributed by atoms with Gasteiger partial charge in [0.15, 0.2) is 0 Å². The molecule has 0 aromatic rings. The topological polar surface area (TPSA) is 67.1 Å². The molecule has 4 nitrogen and oxygen atoms in total. The highest BCUT2D eigenvalue weighted by Crippen LogP contribution is 2.05. The fourth-order valence-electron chi connectivity index (χ4n) is 0.761. The lowest BCUT2D eigenvalue weighted by molar-refractivity contribution is 0.231. The maximum atomic E-state index is 10.7. The Kier molecular flexibility index (Phi) is 1.63. The van der Waals surface area contributed by atoms with Crippen molar-refractivity contribution in [1.82, 2.24) is 10.6 Å². The lowest BCUT2D eigenvalue weighted by atomic mass is 10.1. The Morgan fingerprint density at radius 3 is 2.90 bits per heavy atom. The minimum absolute atomic E-state index is 0.244. The highest BCUT2D eigenvalue weighted by Gasteiger charge is 2.23. The lowest BCUT2D eigenvalue weighted by Gasteiger charge is -2.28. The normalized spacial score (nSPS) is 31.2. The molecule has 0 radical (unpaired) electrons. The standard InChI is InChI=1S/C6H11N3O/c1-2-6(7)3-4-8-5(10)9-6/h3-4H,2,7H2,1H3,(H2,8,9,10). The van der Waals surface area contributed by atoms with Crippen LogP contribution >= 0.6 is 0 Å². The first-order valence-corrected chi connectivity index (χ1v) is 3.21. The molecular weight excluding hydrogens is 130 g/mol. The van der Waals surface area contributed by atoms with Gasteiger partial charge in [0.25, 0.3) is 0 Å². The highest BCUT2D eigenvalue weighted by atomic mass is 16.2. The van der Waals surface area contributed by atoms with Crippen molar-refractivity contribution in [2.45, 2.75) is 19.0 Å².